The van der Waals surface area contributed by atoms with Crippen molar-refractivity contribution in [3.05, 3.63) is 47.7 Å². The molecule has 0 aliphatic rings. The second-order valence-corrected chi connectivity index (χ2v) is 4.31. The third kappa shape index (κ3) is 3.42. The van der Waals surface area contributed by atoms with Crippen molar-refractivity contribution in [2.75, 3.05) is 5.32 Å². The molecule has 1 heterocycles. The van der Waals surface area contributed by atoms with Crippen LogP contribution in [0.25, 0.3) is 0 Å². The van der Waals surface area contributed by atoms with Gasteiger partial charge in [-0.3, -0.25) is 19.7 Å². The standard InChI is InChI=1S/C13H15N5O2/c1-9-2-4-10(5-3-9)8-18-7-6-11(17-18)15-12(19)13(20)16-14/h2-7H,8,14H2,1H3,(H,16,20)(H,15,17,19). The van der Waals surface area contributed by atoms with Crippen LogP contribution >= 0.6 is 0 Å². The highest BCUT2D eigenvalue weighted by molar-refractivity contribution is 6.39. The summed E-state index contributed by atoms with van der Waals surface area (Å²) in [5.74, 6) is 3.39. The molecule has 2 rings (SSSR count). The van der Waals surface area contributed by atoms with Crippen molar-refractivity contribution < 1.29 is 9.59 Å². The Bertz CT molecular complexity index is 618. The molecule has 0 saturated heterocycles. The molecule has 4 N–H and O–H groups in total. The van der Waals surface area contributed by atoms with Gasteiger partial charge in [0.25, 0.3) is 0 Å². The Hall–Kier alpha value is -2.67. The Kier molecular flexibility index (Phi) is 4.11. The summed E-state index contributed by atoms with van der Waals surface area (Å²) in [5.41, 5.74) is 4.03. The minimum Gasteiger partial charge on any atom is -0.301 e. The minimum absolute atomic E-state index is 0.297. The molecular formula is C13H15N5O2. The fourth-order valence-electron chi connectivity index (χ4n) is 1.64. The predicted octanol–water partition coefficient (Wildman–Crippen LogP) is 0.168. The number of hydrogen-bond acceptors (Lipinski definition) is 4. The highest BCUT2D eigenvalue weighted by Crippen LogP contribution is 2.07. The SMILES string of the molecule is Cc1ccc(Cn2ccc(NC(=O)C(=O)NN)n2)cc1. The van der Waals surface area contributed by atoms with Gasteiger partial charge >= 0.3 is 11.8 Å². The van der Waals surface area contributed by atoms with E-state index in [9.17, 15) is 9.59 Å². The normalized spacial score (nSPS) is 10.1. The van der Waals surface area contributed by atoms with Gasteiger partial charge in [0.2, 0.25) is 0 Å². The lowest BCUT2D eigenvalue weighted by Crippen LogP contribution is -2.39. The third-order valence-electron chi connectivity index (χ3n) is 2.68. The number of nitrogens with two attached hydrogens (primary N) is 1. The molecule has 0 atom stereocenters. The number of anilines is 1. The number of carbonyl (C=O) groups is 2. The first-order valence-corrected chi connectivity index (χ1v) is 5.99. The first-order valence-electron chi connectivity index (χ1n) is 5.99. The Morgan fingerprint density at radius 1 is 1.20 bits per heavy atom. The summed E-state index contributed by atoms with van der Waals surface area (Å²) in [4.78, 5) is 22.3. The number of nitrogens with zero attached hydrogens (tertiary/aromatic N) is 2. The Balaban J connectivity index is 2.00. The zero-order chi connectivity index (χ0) is 14.5. The average molecular weight is 273 g/mol. The van der Waals surface area contributed by atoms with Gasteiger partial charge in [-0.05, 0) is 12.5 Å². The van der Waals surface area contributed by atoms with E-state index in [1.165, 1.54) is 5.56 Å². The molecule has 0 aliphatic heterocycles. The lowest BCUT2D eigenvalue weighted by atomic mass is 10.1. The largest absolute Gasteiger partial charge is 0.323 e. The van der Waals surface area contributed by atoms with E-state index in [0.717, 1.165) is 5.56 Å². The van der Waals surface area contributed by atoms with Gasteiger partial charge < -0.3 is 5.32 Å². The maximum Gasteiger partial charge on any atom is 0.323 e. The molecule has 7 nitrogen and oxygen atoms in total. The molecule has 0 aliphatic carbocycles. The molecule has 0 saturated carbocycles. The second kappa shape index (κ2) is 5.98. The molecule has 0 spiro atoms. The second-order valence-electron chi connectivity index (χ2n) is 4.31. The molecule has 1 aromatic heterocycles. The molecular weight excluding hydrogens is 258 g/mol. The summed E-state index contributed by atoms with van der Waals surface area (Å²) in [6.45, 7) is 2.60. The van der Waals surface area contributed by atoms with E-state index < -0.39 is 11.8 Å². The van der Waals surface area contributed by atoms with E-state index in [0.29, 0.717) is 12.4 Å². The summed E-state index contributed by atoms with van der Waals surface area (Å²) in [6, 6.07) is 9.67. The predicted molar refractivity (Wildman–Crippen MR) is 73.5 cm³/mol. The van der Waals surface area contributed by atoms with Crippen molar-refractivity contribution in [1.82, 2.24) is 15.2 Å². The number of aryl methyl sites for hydroxylation is 1. The number of hydrazine groups is 1. The van der Waals surface area contributed by atoms with Gasteiger partial charge in [0, 0.05) is 12.3 Å². The van der Waals surface area contributed by atoms with Gasteiger partial charge in [0.15, 0.2) is 5.82 Å². The summed E-state index contributed by atoms with van der Waals surface area (Å²) in [6.07, 6.45) is 1.72. The van der Waals surface area contributed by atoms with Gasteiger partial charge in [-0.25, -0.2) is 5.84 Å². The number of aromatic nitrogens is 2. The van der Waals surface area contributed by atoms with Crippen molar-refractivity contribution in [1.29, 1.82) is 0 Å². The third-order valence-corrected chi connectivity index (χ3v) is 2.68. The molecule has 0 radical (unpaired) electrons. The van der Waals surface area contributed by atoms with Crippen molar-refractivity contribution in [2.45, 2.75) is 13.5 Å². The van der Waals surface area contributed by atoms with Crippen LogP contribution < -0.4 is 16.6 Å². The molecule has 20 heavy (non-hydrogen) atoms. The van der Waals surface area contributed by atoms with E-state index in [2.05, 4.69) is 10.4 Å². The lowest BCUT2D eigenvalue weighted by Gasteiger charge is -2.03. The molecule has 2 aromatic rings. The van der Waals surface area contributed by atoms with E-state index in [1.54, 1.807) is 22.4 Å². The number of benzene rings is 1. The van der Waals surface area contributed by atoms with Crippen LogP contribution in [0, 0.1) is 6.92 Å². The summed E-state index contributed by atoms with van der Waals surface area (Å²) in [5, 5.41) is 6.49. The molecule has 0 bridgehead atoms. The minimum atomic E-state index is -0.918. The lowest BCUT2D eigenvalue weighted by molar-refractivity contribution is -0.136. The molecule has 2 amide bonds. The first-order chi connectivity index (χ1) is 9.58. The summed E-state index contributed by atoms with van der Waals surface area (Å²) in [7, 11) is 0. The average Bonchev–Trinajstić information content (AvgIpc) is 2.87. The number of carbonyl (C=O) groups excluding carboxylic acids is 2. The van der Waals surface area contributed by atoms with Gasteiger partial charge in [-0.15, -0.1) is 0 Å². The number of nitrogens with one attached hydrogen (secondary N) is 2. The molecule has 7 heteroatoms. The maximum absolute atomic E-state index is 11.3. The fourth-order valence-corrected chi connectivity index (χ4v) is 1.64. The first kappa shape index (κ1) is 13.8. The number of amides is 2. The molecule has 1 aromatic carbocycles. The van der Waals surface area contributed by atoms with Crippen molar-refractivity contribution >= 4 is 17.6 Å². The zero-order valence-corrected chi connectivity index (χ0v) is 11.0. The van der Waals surface area contributed by atoms with Gasteiger partial charge in [0.05, 0.1) is 6.54 Å². The van der Waals surface area contributed by atoms with E-state index in [4.69, 9.17) is 5.84 Å². The van der Waals surface area contributed by atoms with Crippen LogP contribution in [0.15, 0.2) is 36.5 Å². The molecule has 0 unspecified atom stereocenters. The quantitative estimate of drug-likeness (QED) is 0.321. The van der Waals surface area contributed by atoms with E-state index >= 15 is 0 Å². The van der Waals surface area contributed by atoms with Crippen molar-refractivity contribution in [2.24, 2.45) is 5.84 Å². The summed E-state index contributed by atoms with van der Waals surface area (Å²) >= 11 is 0. The van der Waals surface area contributed by atoms with Gasteiger partial charge in [-0.1, -0.05) is 29.8 Å². The highest BCUT2D eigenvalue weighted by atomic mass is 16.2. The fraction of sp³-hybridized carbons (Fsp3) is 0.154. The molecule has 104 valence electrons. The molecule has 0 fully saturated rings. The number of hydrogen-bond donors (Lipinski definition) is 3. The zero-order valence-electron chi connectivity index (χ0n) is 11.0. The van der Waals surface area contributed by atoms with E-state index in [-0.39, 0.29) is 0 Å². The Morgan fingerprint density at radius 2 is 1.90 bits per heavy atom. The van der Waals surface area contributed by atoms with Gasteiger partial charge in [-0.2, -0.15) is 5.10 Å². The maximum atomic E-state index is 11.3. The van der Waals surface area contributed by atoms with Crippen molar-refractivity contribution in [3.63, 3.8) is 0 Å². The smallest absolute Gasteiger partial charge is 0.301 e. The van der Waals surface area contributed by atoms with Crippen molar-refractivity contribution in [3.8, 4) is 0 Å². The topological polar surface area (TPSA) is 102 Å². The van der Waals surface area contributed by atoms with Crippen LogP contribution in [0.3, 0.4) is 0 Å². The van der Waals surface area contributed by atoms with Crippen LogP contribution in [0.1, 0.15) is 11.1 Å². The number of rotatable bonds is 3. The highest BCUT2D eigenvalue weighted by Gasteiger charge is 2.13. The van der Waals surface area contributed by atoms with E-state index in [1.807, 2.05) is 31.2 Å². The van der Waals surface area contributed by atoms with Crippen LogP contribution in [0.2, 0.25) is 0 Å². The van der Waals surface area contributed by atoms with Crippen LogP contribution in [0.5, 0.6) is 0 Å². The Morgan fingerprint density at radius 3 is 2.55 bits per heavy atom. The van der Waals surface area contributed by atoms with Crippen LogP contribution in [-0.4, -0.2) is 21.6 Å². The monoisotopic (exact) mass is 273 g/mol. The van der Waals surface area contributed by atoms with Crippen LogP contribution in [0.4, 0.5) is 5.82 Å². The Labute approximate surface area is 115 Å². The summed E-state index contributed by atoms with van der Waals surface area (Å²) < 4.78 is 1.67. The van der Waals surface area contributed by atoms with Crippen LogP contribution in [-0.2, 0) is 16.1 Å². The van der Waals surface area contributed by atoms with Gasteiger partial charge in [0.1, 0.15) is 0 Å².